The molecular weight excluding hydrogens is 264 g/mol. The Balaban J connectivity index is 0.00000162. The fourth-order valence-electron chi connectivity index (χ4n) is 2.49. The molecule has 0 amide bonds. The normalized spacial score (nSPS) is 23.9. The molecule has 2 atom stereocenters. The molecule has 0 radical (unpaired) electrons. The van der Waals surface area contributed by atoms with Crippen LogP contribution in [0.4, 0.5) is 0 Å². The van der Waals surface area contributed by atoms with Gasteiger partial charge in [0, 0.05) is 37.3 Å². The highest BCUT2D eigenvalue weighted by Crippen LogP contribution is 2.26. The third-order valence-corrected chi connectivity index (χ3v) is 4.30. The number of rotatable bonds is 5. The minimum Gasteiger partial charge on any atom is -0.326 e. The van der Waals surface area contributed by atoms with Gasteiger partial charge in [-0.05, 0) is 11.3 Å². The molecule has 1 heterocycles. The summed E-state index contributed by atoms with van der Waals surface area (Å²) in [6.45, 7) is 5.56. The van der Waals surface area contributed by atoms with E-state index in [0.717, 1.165) is 13.1 Å². The van der Waals surface area contributed by atoms with Crippen LogP contribution in [0.5, 0.6) is 0 Å². The van der Waals surface area contributed by atoms with Gasteiger partial charge in [-0.3, -0.25) is 0 Å². The quantitative estimate of drug-likeness (QED) is 0.844. The van der Waals surface area contributed by atoms with Crippen molar-refractivity contribution in [2.24, 2.45) is 5.73 Å². The van der Waals surface area contributed by atoms with Gasteiger partial charge in [0.2, 0.25) is 0 Å². The molecule has 18 heavy (non-hydrogen) atoms. The SMILES string of the molecule is CCSCCN1C[C@@H](N)[C@H](c2ccccc2)C1.Cl. The van der Waals surface area contributed by atoms with Crippen LogP contribution in [0.3, 0.4) is 0 Å². The Labute approximate surface area is 121 Å². The van der Waals surface area contributed by atoms with Gasteiger partial charge in [0.1, 0.15) is 0 Å². The van der Waals surface area contributed by atoms with Gasteiger partial charge in [-0.15, -0.1) is 12.4 Å². The highest BCUT2D eigenvalue weighted by atomic mass is 35.5. The second kappa shape index (κ2) is 8.05. The molecule has 1 fully saturated rings. The van der Waals surface area contributed by atoms with Crippen LogP contribution in [-0.2, 0) is 0 Å². The van der Waals surface area contributed by atoms with Gasteiger partial charge < -0.3 is 10.6 Å². The third kappa shape index (κ3) is 4.16. The average molecular weight is 287 g/mol. The van der Waals surface area contributed by atoms with Gasteiger partial charge >= 0.3 is 0 Å². The summed E-state index contributed by atoms with van der Waals surface area (Å²) in [6, 6.07) is 11.0. The van der Waals surface area contributed by atoms with Crippen LogP contribution in [-0.4, -0.2) is 42.1 Å². The molecule has 1 aliphatic rings. The topological polar surface area (TPSA) is 29.3 Å². The Hall–Kier alpha value is -0.220. The van der Waals surface area contributed by atoms with E-state index in [-0.39, 0.29) is 12.4 Å². The molecule has 4 heteroatoms. The lowest BCUT2D eigenvalue weighted by atomic mass is 9.95. The first-order valence-electron chi connectivity index (χ1n) is 6.42. The number of nitrogens with two attached hydrogens (primary N) is 1. The molecule has 1 aliphatic heterocycles. The summed E-state index contributed by atoms with van der Waals surface area (Å²) >= 11 is 2.01. The van der Waals surface area contributed by atoms with Crippen molar-refractivity contribution < 1.29 is 0 Å². The van der Waals surface area contributed by atoms with Gasteiger partial charge in [0.15, 0.2) is 0 Å². The number of likely N-dealkylation sites (tertiary alicyclic amines) is 1. The Morgan fingerprint density at radius 2 is 2.00 bits per heavy atom. The molecule has 1 saturated heterocycles. The summed E-state index contributed by atoms with van der Waals surface area (Å²) in [4.78, 5) is 2.50. The largest absolute Gasteiger partial charge is 0.326 e. The molecule has 2 rings (SSSR count). The lowest BCUT2D eigenvalue weighted by molar-refractivity contribution is 0.353. The maximum absolute atomic E-state index is 6.26. The Morgan fingerprint density at radius 1 is 1.28 bits per heavy atom. The predicted octanol–water partition coefficient (Wildman–Crippen LogP) is 2.59. The van der Waals surface area contributed by atoms with E-state index >= 15 is 0 Å². The summed E-state index contributed by atoms with van der Waals surface area (Å²) in [6.07, 6.45) is 0. The number of benzene rings is 1. The van der Waals surface area contributed by atoms with Gasteiger partial charge in [-0.1, -0.05) is 37.3 Å². The first-order chi connectivity index (χ1) is 8.31. The minimum absolute atomic E-state index is 0. The summed E-state index contributed by atoms with van der Waals surface area (Å²) in [5, 5.41) is 0. The maximum atomic E-state index is 6.26. The van der Waals surface area contributed by atoms with E-state index in [1.807, 2.05) is 11.8 Å². The Kier molecular flexibility index (Phi) is 7.08. The zero-order chi connectivity index (χ0) is 12.1. The number of nitrogens with zero attached hydrogens (tertiary/aromatic N) is 1. The van der Waals surface area contributed by atoms with E-state index in [4.69, 9.17) is 5.73 Å². The standard InChI is InChI=1S/C14H22N2S.ClH/c1-2-17-9-8-16-10-13(14(15)11-16)12-6-4-3-5-7-12;/h3-7,13-14H,2,8-11,15H2,1H3;1H/t13-,14+;/m0./s1. The highest BCUT2D eigenvalue weighted by molar-refractivity contribution is 7.99. The van der Waals surface area contributed by atoms with Crippen molar-refractivity contribution in [3.05, 3.63) is 35.9 Å². The molecule has 102 valence electrons. The maximum Gasteiger partial charge on any atom is 0.0249 e. The predicted molar refractivity (Wildman–Crippen MR) is 83.8 cm³/mol. The van der Waals surface area contributed by atoms with E-state index < -0.39 is 0 Å². The van der Waals surface area contributed by atoms with E-state index in [2.05, 4.69) is 42.2 Å². The van der Waals surface area contributed by atoms with Gasteiger partial charge in [-0.25, -0.2) is 0 Å². The van der Waals surface area contributed by atoms with E-state index in [1.54, 1.807) is 0 Å². The van der Waals surface area contributed by atoms with Crippen molar-refractivity contribution in [1.29, 1.82) is 0 Å². The lowest BCUT2D eigenvalue weighted by Gasteiger charge is -2.15. The first-order valence-corrected chi connectivity index (χ1v) is 7.57. The zero-order valence-electron chi connectivity index (χ0n) is 10.9. The Bertz CT molecular complexity index is 334. The second-order valence-electron chi connectivity index (χ2n) is 4.64. The van der Waals surface area contributed by atoms with Crippen LogP contribution in [0.15, 0.2) is 30.3 Å². The summed E-state index contributed by atoms with van der Waals surface area (Å²) in [5.74, 6) is 2.95. The van der Waals surface area contributed by atoms with Gasteiger partial charge in [0.05, 0.1) is 0 Å². The molecule has 0 bridgehead atoms. The van der Waals surface area contributed by atoms with Crippen molar-refractivity contribution in [2.75, 3.05) is 31.1 Å². The fraction of sp³-hybridized carbons (Fsp3) is 0.571. The van der Waals surface area contributed by atoms with Crippen LogP contribution in [0, 0.1) is 0 Å². The average Bonchev–Trinajstić information content (AvgIpc) is 2.72. The third-order valence-electron chi connectivity index (χ3n) is 3.42. The van der Waals surface area contributed by atoms with Crippen molar-refractivity contribution in [3.8, 4) is 0 Å². The lowest BCUT2D eigenvalue weighted by Crippen LogP contribution is -2.29. The van der Waals surface area contributed by atoms with Crippen molar-refractivity contribution in [1.82, 2.24) is 4.90 Å². The molecule has 1 aromatic rings. The van der Waals surface area contributed by atoms with E-state index in [1.165, 1.54) is 23.6 Å². The summed E-state index contributed by atoms with van der Waals surface area (Å²) < 4.78 is 0. The smallest absolute Gasteiger partial charge is 0.0249 e. The van der Waals surface area contributed by atoms with Crippen LogP contribution in [0.1, 0.15) is 18.4 Å². The highest BCUT2D eigenvalue weighted by Gasteiger charge is 2.30. The van der Waals surface area contributed by atoms with Crippen LogP contribution < -0.4 is 5.73 Å². The molecule has 2 N–H and O–H groups in total. The van der Waals surface area contributed by atoms with Crippen LogP contribution >= 0.6 is 24.2 Å². The zero-order valence-corrected chi connectivity index (χ0v) is 12.6. The molecule has 0 spiro atoms. The Morgan fingerprint density at radius 3 is 2.67 bits per heavy atom. The molecule has 1 aromatic carbocycles. The molecular formula is C14H23ClN2S. The van der Waals surface area contributed by atoms with E-state index in [9.17, 15) is 0 Å². The van der Waals surface area contributed by atoms with Gasteiger partial charge in [-0.2, -0.15) is 11.8 Å². The number of thioether (sulfide) groups is 1. The number of halogens is 1. The van der Waals surface area contributed by atoms with Crippen molar-refractivity contribution in [3.63, 3.8) is 0 Å². The minimum atomic E-state index is 0. The molecule has 0 unspecified atom stereocenters. The summed E-state index contributed by atoms with van der Waals surface area (Å²) in [7, 11) is 0. The number of hydrogen-bond acceptors (Lipinski definition) is 3. The van der Waals surface area contributed by atoms with Crippen LogP contribution in [0.25, 0.3) is 0 Å². The number of hydrogen-bond donors (Lipinski definition) is 1. The van der Waals surface area contributed by atoms with Crippen molar-refractivity contribution in [2.45, 2.75) is 18.9 Å². The first kappa shape index (κ1) is 15.8. The molecule has 2 nitrogen and oxygen atoms in total. The fourth-order valence-corrected chi connectivity index (χ4v) is 3.16. The van der Waals surface area contributed by atoms with E-state index in [0.29, 0.717) is 12.0 Å². The van der Waals surface area contributed by atoms with Crippen molar-refractivity contribution >= 4 is 24.2 Å². The molecule has 0 saturated carbocycles. The molecule has 0 aliphatic carbocycles. The van der Waals surface area contributed by atoms with Gasteiger partial charge in [0.25, 0.3) is 0 Å². The molecule has 0 aromatic heterocycles. The monoisotopic (exact) mass is 286 g/mol. The van der Waals surface area contributed by atoms with Crippen LogP contribution in [0.2, 0.25) is 0 Å². The second-order valence-corrected chi connectivity index (χ2v) is 6.03. The summed E-state index contributed by atoms with van der Waals surface area (Å²) in [5.41, 5.74) is 7.65.